The summed E-state index contributed by atoms with van der Waals surface area (Å²) in [6, 6.07) is 3.99. The molecule has 2 N–H and O–H groups in total. The molecule has 0 fully saturated rings. The molecule has 0 aliphatic carbocycles. The molecular weight excluding hydrogens is 468 g/mol. The molecule has 3 heterocycles. The number of aromatic nitrogens is 2. The van der Waals surface area contributed by atoms with Crippen molar-refractivity contribution in [1.29, 1.82) is 0 Å². The van der Waals surface area contributed by atoms with Gasteiger partial charge in [-0.15, -0.1) is 0 Å². The van der Waals surface area contributed by atoms with Crippen molar-refractivity contribution in [2.45, 2.75) is 38.1 Å². The molecule has 1 amide bonds. The first-order chi connectivity index (χ1) is 15.4. The summed E-state index contributed by atoms with van der Waals surface area (Å²) >= 11 is 1.22. The fourth-order valence-electron chi connectivity index (χ4n) is 3.44. The first-order valence-electron chi connectivity index (χ1n) is 9.49. The third-order valence-corrected chi connectivity index (χ3v) is 5.88. The highest BCUT2D eigenvalue weighted by molar-refractivity contribution is 7.09. The number of alkyl halides is 3. The van der Waals surface area contributed by atoms with E-state index in [4.69, 9.17) is 14.4 Å². The lowest BCUT2D eigenvalue weighted by Gasteiger charge is -2.38. The Kier molecular flexibility index (Phi) is 5.60. The van der Waals surface area contributed by atoms with Crippen molar-refractivity contribution in [3.05, 3.63) is 47.4 Å². The fourth-order valence-corrected chi connectivity index (χ4v) is 4.14. The van der Waals surface area contributed by atoms with Gasteiger partial charge in [0.25, 0.3) is 6.02 Å². The number of benzene rings is 1. The maximum absolute atomic E-state index is 14.8. The SMILES string of the molecule is Cc1cc(-c2cc(-c3ccc(F)c([C@]4(C)C[C@@H](C(F)(F)F)N=C(NC(=O)O)O4)c3)on2)sn1. The summed E-state index contributed by atoms with van der Waals surface area (Å²) in [7, 11) is 0. The Hall–Kier alpha value is -3.48. The maximum Gasteiger partial charge on any atom is 0.412 e. The summed E-state index contributed by atoms with van der Waals surface area (Å²) in [5, 5.41) is 14.6. The standard InChI is InChI=1S/C20H16F4N4O4S/c1-9-5-15(33-28-9)13-7-14(32-27-13)10-3-4-12(21)11(6-10)19(2)8-16(20(22,23)24)25-17(31-19)26-18(29)30/h3-7,16H,8H2,1-2H3,(H,25,26)(H,29,30)/t16-,19-/m0/s1. The Balaban J connectivity index is 1.72. The van der Waals surface area contributed by atoms with Crippen LogP contribution in [0.3, 0.4) is 0 Å². The predicted molar refractivity (Wildman–Crippen MR) is 109 cm³/mol. The molecule has 0 bridgehead atoms. The van der Waals surface area contributed by atoms with Gasteiger partial charge in [0, 0.05) is 23.6 Å². The largest absolute Gasteiger partial charge is 0.465 e. The van der Waals surface area contributed by atoms with Gasteiger partial charge in [0.1, 0.15) is 17.1 Å². The molecule has 174 valence electrons. The molecule has 2 aromatic heterocycles. The Morgan fingerprint density at radius 3 is 2.70 bits per heavy atom. The number of aliphatic imine (C=N–C) groups is 1. The number of nitrogens with zero attached hydrogens (tertiary/aromatic N) is 3. The number of amidine groups is 1. The molecular formula is C20H16F4N4O4S. The number of aryl methyl sites for hydroxylation is 1. The van der Waals surface area contributed by atoms with Gasteiger partial charge in [-0.05, 0) is 49.6 Å². The first-order valence-corrected chi connectivity index (χ1v) is 10.3. The lowest BCUT2D eigenvalue weighted by molar-refractivity contribution is -0.164. The normalized spacial score (nSPS) is 20.8. The molecule has 33 heavy (non-hydrogen) atoms. The minimum absolute atomic E-state index is 0.222. The van der Waals surface area contributed by atoms with Gasteiger partial charge < -0.3 is 14.4 Å². The molecule has 0 saturated carbocycles. The monoisotopic (exact) mass is 484 g/mol. The van der Waals surface area contributed by atoms with Crippen molar-refractivity contribution in [2.75, 3.05) is 0 Å². The van der Waals surface area contributed by atoms with E-state index in [1.165, 1.54) is 30.6 Å². The third-order valence-electron chi connectivity index (χ3n) is 4.98. The van der Waals surface area contributed by atoms with Gasteiger partial charge in [-0.25, -0.2) is 19.5 Å². The van der Waals surface area contributed by atoms with E-state index in [0.29, 0.717) is 11.3 Å². The molecule has 8 nitrogen and oxygen atoms in total. The second-order valence-corrected chi connectivity index (χ2v) is 8.37. The summed E-state index contributed by atoms with van der Waals surface area (Å²) < 4.78 is 70.1. The Labute approximate surface area is 188 Å². The zero-order valence-electron chi connectivity index (χ0n) is 17.1. The van der Waals surface area contributed by atoms with Gasteiger partial charge in [0.15, 0.2) is 11.8 Å². The number of nitrogens with one attached hydrogen (secondary N) is 1. The van der Waals surface area contributed by atoms with Crippen LogP contribution in [-0.2, 0) is 10.3 Å². The summed E-state index contributed by atoms with van der Waals surface area (Å²) in [6.07, 6.45) is -7.22. The fraction of sp³-hybridized carbons (Fsp3) is 0.300. The third kappa shape index (κ3) is 4.67. The summed E-state index contributed by atoms with van der Waals surface area (Å²) in [5.41, 5.74) is -0.454. The van der Waals surface area contributed by atoms with E-state index >= 15 is 0 Å². The summed E-state index contributed by atoms with van der Waals surface area (Å²) in [6.45, 7) is 3.06. The molecule has 1 aromatic carbocycles. The zero-order valence-corrected chi connectivity index (χ0v) is 17.9. The zero-order chi connectivity index (χ0) is 24.0. The molecule has 1 aliphatic heterocycles. The Morgan fingerprint density at radius 2 is 2.06 bits per heavy atom. The van der Waals surface area contributed by atoms with Crippen molar-refractivity contribution in [2.24, 2.45) is 4.99 Å². The average molecular weight is 484 g/mol. The molecule has 4 rings (SSSR count). The van der Waals surface area contributed by atoms with Crippen molar-refractivity contribution < 1.29 is 36.7 Å². The predicted octanol–water partition coefficient (Wildman–Crippen LogP) is 5.10. The van der Waals surface area contributed by atoms with E-state index in [2.05, 4.69) is 14.5 Å². The minimum Gasteiger partial charge on any atom is -0.465 e. The number of carboxylic acid groups (broad SMARTS) is 1. The van der Waals surface area contributed by atoms with Crippen LogP contribution in [0.4, 0.5) is 22.4 Å². The molecule has 13 heteroatoms. The summed E-state index contributed by atoms with van der Waals surface area (Å²) in [4.78, 5) is 15.0. The highest BCUT2D eigenvalue weighted by Gasteiger charge is 2.50. The smallest absolute Gasteiger partial charge is 0.412 e. The van der Waals surface area contributed by atoms with Crippen LogP contribution in [0.25, 0.3) is 21.9 Å². The number of carbonyl (C=O) groups is 1. The van der Waals surface area contributed by atoms with Crippen LogP contribution in [0.5, 0.6) is 0 Å². The molecule has 0 saturated heterocycles. The molecule has 2 atom stereocenters. The molecule has 3 aromatic rings. The van der Waals surface area contributed by atoms with E-state index in [1.54, 1.807) is 11.4 Å². The van der Waals surface area contributed by atoms with Crippen LogP contribution in [0.1, 0.15) is 24.6 Å². The maximum atomic E-state index is 14.8. The first kappa shape index (κ1) is 22.7. The Bertz CT molecular complexity index is 1240. The second-order valence-electron chi connectivity index (χ2n) is 7.56. The van der Waals surface area contributed by atoms with E-state index in [0.717, 1.165) is 16.6 Å². The van der Waals surface area contributed by atoms with Crippen LogP contribution in [0.15, 0.2) is 39.8 Å². The van der Waals surface area contributed by atoms with Gasteiger partial charge in [-0.2, -0.15) is 17.5 Å². The van der Waals surface area contributed by atoms with Crippen LogP contribution in [-0.4, -0.2) is 39.0 Å². The van der Waals surface area contributed by atoms with Crippen LogP contribution in [0.2, 0.25) is 0 Å². The van der Waals surface area contributed by atoms with Gasteiger partial charge in [0.05, 0.1) is 10.6 Å². The molecule has 0 spiro atoms. The molecule has 0 unspecified atom stereocenters. The van der Waals surface area contributed by atoms with Gasteiger partial charge >= 0.3 is 12.3 Å². The van der Waals surface area contributed by atoms with Gasteiger partial charge in [0.2, 0.25) is 0 Å². The molecule has 1 aliphatic rings. The highest BCUT2D eigenvalue weighted by atomic mass is 32.1. The van der Waals surface area contributed by atoms with Crippen LogP contribution < -0.4 is 5.32 Å². The van der Waals surface area contributed by atoms with Crippen molar-refractivity contribution >= 4 is 23.6 Å². The van der Waals surface area contributed by atoms with Crippen LogP contribution in [0, 0.1) is 12.7 Å². The van der Waals surface area contributed by atoms with E-state index in [1.807, 2.05) is 13.0 Å². The number of rotatable bonds is 3. The van der Waals surface area contributed by atoms with Gasteiger partial charge in [-0.1, -0.05) is 5.16 Å². The quantitative estimate of drug-likeness (QED) is 0.501. The van der Waals surface area contributed by atoms with Crippen molar-refractivity contribution in [1.82, 2.24) is 14.8 Å². The van der Waals surface area contributed by atoms with Crippen molar-refractivity contribution in [3.8, 4) is 21.9 Å². The lowest BCUT2D eigenvalue weighted by Crippen LogP contribution is -2.48. The topological polar surface area (TPSA) is 110 Å². The number of amides is 1. The molecule has 0 radical (unpaired) electrons. The van der Waals surface area contributed by atoms with E-state index < -0.39 is 42.2 Å². The number of ether oxygens (including phenoxy) is 1. The highest BCUT2D eigenvalue weighted by Crippen LogP contribution is 2.42. The van der Waals surface area contributed by atoms with E-state index in [-0.39, 0.29) is 11.3 Å². The van der Waals surface area contributed by atoms with Crippen molar-refractivity contribution in [3.63, 3.8) is 0 Å². The average Bonchev–Trinajstić information content (AvgIpc) is 3.36. The minimum atomic E-state index is -4.79. The summed E-state index contributed by atoms with van der Waals surface area (Å²) in [5.74, 6) is -0.585. The number of hydrogen-bond donors (Lipinski definition) is 2. The van der Waals surface area contributed by atoms with Crippen LogP contribution >= 0.6 is 11.5 Å². The lowest BCUT2D eigenvalue weighted by atomic mass is 9.86. The Morgan fingerprint density at radius 1 is 1.30 bits per heavy atom. The van der Waals surface area contributed by atoms with Gasteiger partial charge in [-0.3, -0.25) is 0 Å². The number of halogens is 4. The van der Waals surface area contributed by atoms with E-state index in [9.17, 15) is 22.4 Å². The number of hydrogen-bond acceptors (Lipinski definition) is 7. The second kappa shape index (κ2) is 8.14.